The van der Waals surface area contributed by atoms with Crippen molar-refractivity contribution >= 4 is 22.8 Å². The maximum Gasteiger partial charge on any atom is 0.340 e. The molecule has 0 fully saturated rings. The van der Waals surface area contributed by atoms with Gasteiger partial charge in [0, 0.05) is 24.8 Å². The Morgan fingerprint density at radius 3 is 2.50 bits per heavy atom. The van der Waals surface area contributed by atoms with Crippen molar-refractivity contribution < 1.29 is 14.3 Å². The third-order valence-electron chi connectivity index (χ3n) is 5.43. The SMILES string of the molecule is Cc1nc2ccccc2c(C)c1C(=O)OCC(=O)NC(c1ccccc1)c1nccn1C. The van der Waals surface area contributed by atoms with Crippen LogP contribution in [0.25, 0.3) is 10.9 Å². The first-order valence-corrected chi connectivity index (χ1v) is 10.3. The van der Waals surface area contributed by atoms with E-state index in [-0.39, 0.29) is 0 Å². The zero-order chi connectivity index (χ0) is 22.7. The molecule has 1 atom stereocenters. The van der Waals surface area contributed by atoms with Gasteiger partial charge in [-0.2, -0.15) is 0 Å². The van der Waals surface area contributed by atoms with Crippen LogP contribution in [0.5, 0.6) is 0 Å². The van der Waals surface area contributed by atoms with Crippen molar-refractivity contribution in [1.82, 2.24) is 19.9 Å². The molecule has 32 heavy (non-hydrogen) atoms. The van der Waals surface area contributed by atoms with Crippen molar-refractivity contribution in [3.05, 3.63) is 95.2 Å². The van der Waals surface area contributed by atoms with E-state index in [1.165, 1.54) is 0 Å². The minimum absolute atomic E-state index is 0.389. The normalized spacial score (nSPS) is 11.8. The minimum Gasteiger partial charge on any atom is -0.452 e. The predicted octanol–water partition coefficient (Wildman–Crippen LogP) is 3.65. The van der Waals surface area contributed by atoms with Gasteiger partial charge in [-0.25, -0.2) is 9.78 Å². The van der Waals surface area contributed by atoms with E-state index in [4.69, 9.17) is 4.74 Å². The summed E-state index contributed by atoms with van der Waals surface area (Å²) in [6, 6.07) is 16.7. The highest BCUT2D eigenvalue weighted by Crippen LogP contribution is 2.23. The highest BCUT2D eigenvalue weighted by Gasteiger charge is 2.23. The van der Waals surface area contributed by atoms with Gasteiger partial charge in [0.25, 0.3) is 5.91 Å². The molecule has 162 valence electrons. The number of amides is 1. The number of aryl methyl sites for hydroxylation is 3. The number of benzene rings is 2. The average Bonchev–Trinajstić information content (AvgIpc) is 3.22. The van der Waals surface area contributed by atoms with Crippen molar-refractivity contribution in [2.24, 2.45) is 7.05 Å². The second-order valence-electron chi connectivity index (χ2n) is 7.60. The first-order valence-electron chi connectivity index (χ1n) is 10.3. The number of imidazole rings is 1. The van der Waals surface area contributed by atoms with E-state index in [9.17, 15) is 9.59 Å². The van der Waals surface area contributed by atoms with Crippen molar-refractivity contribution in [3.8, 4) is 0 Å². The third-order valence-corrected chi connectivity index (χ3v) is 5.43. The van der Waals surface area contributed by atoms with Gasteiger partial charge in [-0.05, 0) is 31.0 Å². The highest BCUT2D eigenvalue weighted by molar-refractivity contribution is 5.99. The zero-order valence-corrected chi connectivity index (χ0v) is 18.2. The summed E-state index contributed by atoms with van der Waals surface area (Å²) in [5.74, 6) is -0.304. The number of esters is 1. The van der Waals surface area contributed by atoms with Crippen molar-refractivity contribution in [1.29, 1.82) is 0 Å². The molecule has 0 aliphatic heterocycles. The fourth-order valence-electron chi connectivity index (χ4n) is 3.84. The van der Waals surface area contributed by atoms with Crippen LogP contribution in [-0.4, -0.2) is 33.0 Å². The number of ether oxygens (including phenoxy) is 1. The number of rotatable bonds is 6. The summed E-state index contributed by atoms with van der Waals surface area (Å²) in [5, 5.41) is 3.81. The highest BCUT2D eigenvalue weighted by atomic mass is 16.5. The summed E-state index contributed by atoms with van der Waals surface area (Å²) in [7, 11) is 1.86. The van der Waals surface area contributed by atoms with Crippen LogP contribution in [0.1, 0.15) is 39.0 Å². The Labute approximate surface area is 186 Å². The molecule has 0 saturated carbocycles. The van der Waals surface area contributed by atoms with Crippen molar-refractivity contribution in [2.45, 2.75) is 19.9 Å². The van der Waals surface area contributed by atoms with Crippen LogP contribution in [0.2, 0.25) is 0 Å². The molecule has 0 spiro atoms. The van der Waals surface area contributed by atoms with Gasteiger partial charge in [0.2, 0.25) is 0 Å². The van der Waals surface area contributed by atoms with E-state index in [0.29, 0.717) is 17.1 Å². The lowest BCUT2D eigenvalue weighted by Crippen LogP contribution is -2.34. The fourth-order valence-corrected chi connectivity index (χ4v) is 3.84. The van der Waals surface area contributed by atoms with Gasteiger partial charge in [0.1, 0.15) is 11.9 Å². The molecule has 7 nitrogen and oxygen atoms in total. The van der Waals surface area contributed by atoms with Gasteiger partial charge in [-0.1, -0.05) is 48.5 Å². The first-order chi connectivity index (χ1) is 15.5. The summed E-state index contributed by atoms with van der Waals surface area (Å²) in [4.78, 5) is 34.4. The van der Waals surface area contributed by atoms with E-state index in [2.05, 4.69) is 15.3 Å². The summed E-state index contributed by atoms with van der Waals surface area (Å²) < 4.78 is 7.21. The number of aromatic nitrogens is 3. The van der Waals surface area contributed by atoms with Gasteiger partial charge in [-0.3, -0.25) is 9.78 Å². The van der Waals surface area contributed by atoms with E-state index in [1.807, 2.05) is 79.3 Å². The van der Waals surface area contributed by atoms with Gasteiger partial charge >= 0.3 is 5.97 Å². The van der Waals surface area contributed by atoms with Crippen LogP contribution in [0.15, 0.2) is 67.0 Å². The van der Waals surface area contributed by atoms with Crippen molar-refractivity contribution in [2.75, 3.05) is 6.61 Å². The number of para-hydroxylation sites is 1. The molecule has 7 heteroatoms. The molecule has 2 aromatic heterocycles. The van der Waals surface area contributed by atoms with Crippen LogP contribution in [0, 0.1) is 13.8 Å². The van der Waals surface area contributed by atoms with E-state index < -0.39 is 24.5 Å². The fraction of sp³-hybridized carbons (Fsp3) is 0.200. The standard InChI is InChI=1S/C25H24N4O3/c1-16-19-11-7-8-12-20(19)27-17(2)22(16)25(31)32-15-21(30)28-23(18-9-5-4-6-10-18)24-26-13-14-29(24)3/h4-14,23H,15H2,1-3H3,(H,28,30). The Morgan fingerprint density at radius 2 is 1.78 bits per heavy atom. The van der Waals surface area contributed by atoms with Gasteiger partial charge in [0.15, 0.2) is 6.61 Å². The molecule has 2 aromatic carbocycles. The minimum atomic E-state index is -0.568. The molecular formula is C25H24N4O3. The van der Waals surface area contributed by atoms with E-state index in [0.717, 1.165) is 22.0 Å². The summed E-state index contributed by atoms with van der Waals surface area (Å²) in [6.45, 7) is 3.22. The molecule has 0 bridgehead atoms. The molecule has 4 rings (SSSR count). The van der Waals surface area contributed by atoms with E-state index in [1.54, 1.807) is 13.1 Å². The Hall–Kier alpha value is -4.00. The number of carbonyl (C=O) groups excluding carboxylic acids is 2. The number of nitrogens with zero attached hydrogens (tertiary/aromatic N) is 3. The molecule has 0 aliphatic carbocycles. The lowest BCUT2D eigenvalue weighted by Gasteiger charge is -2.19. The summed E-state index contributed by atoms with van der Waals surface area (Å²) in [6.07, 6.45) is 3.49. The number of pyridine rings is 1. The zero-order valence-electron chi connectivity index (χ0n) is 18.2. The molecule has 2 heterocycles. The van der Waals surface area contributed by atoms with Crippen LogP contribution in [-0.2, 0) is 16.6 Å². The largest absolute Gasteiger partial charge is 0.452 e. The molecule has 0 aliphatic rings. The summed E-state index contributed by atoms with van der Waals surface area (Å²) in [5.41, 5.74) is 3.44. The maximum atomic E-state index is 12.8. The van der Waals surface area contributed by atoms with Crippen LogP contribution >= 0.6 is 0 Å². The Bertz CT molecular complexity index is 1280. The van der Waals surface area contributed by atoms with Crippen molar-refractivity contribution in [3.63, 3.8) is 0 Å². The van der Waals surface area contributed by atoms with E-state index >= 15 is 0 Å². The summed E-state index contributed by atoms with van der Waals surface area (Å²) >= 11 is 0. The topological polar surface area (TPSA) is 86.1 Å². The molecule has 4 aromatic rings. The molecule has 1 N–H and O–H groups in total. The number of fused-ring (bicyclic) bond motifs is 1. The molecule has 0 saturated heterocycles. The lowest BCUT2D eigenvalue weighted by molar-refractivity contribution is -0.124. The Kier molecular flexibility index (Phi) is 5.98. The van der Waals surface area contributed by atoms with Gasteiger partial charge < -0.3 is 14.6 Å². The Balaban J connectivity index is 1.50. The monoisotopic (exact) mass is 428 g/mol. The smallest absolute Gasteiger partial charge is 0.340 e. The number of nitrogens with one attached hydrogen (secondary N) is 1. The Morgan fingerprint density at radius 1 is 1.06 bits per heavy atom. The predicted molar refractivity (Wildman–Crippen MR) is 121 cm³/mol. The molecular weight excluding hydrogens is 404 g/mol. The molecule has 0 radical (unpaired) electrons. The van der Waals surface area contributed by atoms with Gasteiger partial charge in [0.05, 0.1) is 16.8 Å². The van der Waals surface area contributed by atoms with Crippen LogP contribution in [0.4, 0.5) is 0 Å². The first kappa shape index (κ1) is 21.2. The maximum absolute atomic E-state index is 12.8. The number of carbonyl (C=O) groups is 2. The number of hydrogen-bond donors (Lipinski definition) is 1. The molecule has 1 unspecified atom stereocenters. The lowest BCUT2D eigenvalue weighted by atomic mass is 10.0. The average molecular weight is 428 g/mol. The molecule has 1 amide bonds. The quantitative estimate of drug-likeness (QED) is 0.474. The van der Waals surface area contributed by atoms with Gasteiger partial charge in [-0.15, -0.1) is 0 Å². The van der Waals surface area contributed by atoms with Crippen LogP contribution in [0.3, 0.4) is 0 Å². The second-order valence-corrected chi connectivity index (χ2v) is 7.60. The van der Waals surface area contributed by atoms with Crippen LogP contribution < -0.4 is 5.32 Å². The second kappa shape index (κ2) is 9.01. The number of hydrogen-bond acceptors (Lipinski definition) is 5. The third kappa shape index (κ3) is 4.23.